The van der Waals surface area contributed by atoms with Crippen molar-refractivity contribution in [1.29, 1.82) is 0 Å². The maximum Gasteiger partial charge on any atom is 3.00 e. The normalized spacial score (nSPS) is 8.17. The van der Waals surface area contributed by atoms with Crippen LogP contribution >= 0.6 is 0 Å². The van der Waals surface area contributed by atoms with E-state index < -0.39 is 25.0 Å². The largest absolute Gasteiger partial charge is 3.00 e. The third-order valence-electron chi connectivity index (χ3n) is 0.623. The molecule has 71 valence electrons. The van der Waals surface area contributed by atoms with Crippen LogP contribution < -0.4 is 16.4 Å². The number of hydroxylamine groups is 2. The summed E-state index contributed by atoms with van der Waals surface area (Å²) in [5.41, 5.74) is 0. The summed E-state index contributed by atoms with van der Waals surface area (Å²) >= 11 is 0. The van der Waals surface area contributed by atoms with E-state index in [1.54, 1.807) is 0 Å². The van der Waals surface area contributed by atoms with Crippen LogP contribution in [0.1, 0.15) is 0 Å². The Kier molecular flexibility index (Phi) is 12.3. The molecule has 0 saturated carbocycles. The number of carboxylic acids is 2. The minimum Gasteiger partial charge on any atom is -0.549 e. The third kappa shape index (κ3) is 12.1. The van der Waals surface area contributed by atoms with Crippen LogP contribution in [0.4, 0.5) is 0 Å². The van der Waals surface area contributed by atoms with Crippen LogP contribution in [0.15, 0.2) is 0 Å². The van der Waals surface area contributed by atoms with Crippen molar-refractivity contribution in [2.24, 2.45) is 0 Å². The summed E-state index contributed by atoms with van der Waals surface area (Å²) in [6.07, 6.45) is 0. The molecule has 0 aliphatic rings. The molecule has 0 aliphatic carbocycles. The quantitative estimate of drug-likeness (QED) is 0.373. The fourth-order valence-electron chi connectivity index (χ4n) is 0.354. The van der Waals surface area contributed by atoms with Gasteiger partial charge in [-0.15, -0.1) is 0 Å². The van der Waals surface area contributed by atoms with Crippen LogP contribution in [0.2, 0.25) is 0 Å². The number of rotatable bonds is 4. The number of quaternary nitrogens is 1. The van der Waals surface area contributed by atoms with Crippen LogP contribution in [0, 0.1) is 0 Å². The molecular weight excluding hydrogens is 212 g/mol. The molecule has 0 spiro atoms. The second kappa shape index (κ2) is 8.44. The monoisotopic (exact) mass is 221 g/mol. The number of aliphatic carboxylic acids is 2. The summed E-state index contributed by atoms with van der Waals surface area (Å²) in [5, 5.41) is 27.8. The zero-order valence-electron chi connectivity index (χ0n) is 6.30. The smallest absolute Gasteiger partial charge is 0.549 e. The maximum absolute atomic E-state index is 9.67. The molecule has 0 rings (SSSR count). The van der Waals surface area contributed by atoms with E-state index in [9.17, 15) is 19.8 Å². The number of hydrogen-bond acceptors (Lipinski definition) is 6. The van der Waals surface area contributed by atoms with Gasteiger partial charge in [-0.3, -0.25) is 0 Å². The van der Waals surface area contributed by atoms with E-state index in [-0.39, 0.29) is 28.3 Å². The maximum atomic E-state index is 9.67. The second-order valence-electron chi connectivity index (χ2n) is 1.57. The molecule has 8 heteroatoms. The average Bonchev–Trinajstić information content (AvgIpc) is 1.58. The molecule has 0 heterocycles. The van der Waals surface area contributed by atoms with Crippen molar-refractivity contribution in [2.45, 2.75) is 0 Å². The summed E-state index contributed by atoms with van der Waals surface area (Å²) in [6, 6.07) is 0. The molecule has 0 aliphatic heterocycles. The first-order chi connectivity index (χ1) is 4.52. The van der Waals surface area contributed by atoms with Crippen LogP contribution in [-0.2, 0) is 26.7 Å². The molecular formula is C4H9FeN2O5+2. The minimum absolute atomic E-state index is 0. The summed E-state index contributed by atoms with van der Waals surface area (Å²) in [6.45, 7) is -1.68. The van der Waals surface area contributed by atoms with Crippen LogP contribution in [0.5, 0.6) is 0 Å². The van der Waals surface area contributed by atoms with Gasteiger partial charge in [0.25, 0.3) is 0 Å². The third-order valence-corrected chi connectivity index (χ3v) is 0.623. The standard InChI is InChI=1S/C4H7NO5.Fe.H3N/c6-3(7)1-5(10)2-4(8)9;;/h10H,1-2H2,(H,6,7)(H,8,9);;1H3/q;+3;/p-1. The van der Waals surface area contributed by atoms with Crippen molar-refractivity contribution in [2.75, 3.05) is 13.1 Å². The van der Waals surface area contributed by atoms with Gasteiger partial charge in [-0.2, -0.15) is 5.06 Å². The fourth-order valence-corrected chi connectivity index (χ4v) is 0.354. The van der Waals surface area contributed by atoms with Crippen molar-refractivity contribution in [3.05, 3.63) is 0 Å². The van der Waals surface area contributed by atoms with Gasteiger partial charge < -0.3 is 31.2 Å². The Bertz CT molecular complexity index is 136. The molecule has 7 nitrogen and oxygen atoms in total. The Morgan fingerprint density at radius 1 is 1.17 bits per heavy atom. The molecule has 0 aromatic carbocycles. The van der Waals surface area contributed by atoms with Gasteiger partial charge in [0.05, 0.1) is 25.0 Å². The van der Waals surface area contributed by atoms with Gasteiger partial charge in [-0.25, -0.2) is 0 Å². The Balaban J connectivity index is -0.000000405. The van der Waals surface area contributed by atoms with Crippen molar-refractivity contribution in [3.8, 4) is 0 Å². The molecule has 0 amide bonds. The summed E-state index contributed by atoms with van der Waals surface area (Å²) in [4.78, 5) is 19.3. The Hall–Kier alpha value is -0.661. The molecule has 1 radical (unpaired) electrons. The first-order valence-electron chi connectivity index (χ1n) is 2.36. The van der Waals surface area contributed by atoms with E-state index in [1.165, 1.54) is 0 Å². The van der Waals surface area contributed by atoms with E-state index in [0.29, 0.717) is 0 Å². The van der Waals surface area contributed by atoms with Gasteiger partial charge in [0.2, 0.25) is 0 Å². The van der Waals surface area contributed by atoms with E-state index >= 15 is 0 Å². The molecule has 0 fully saturated rings. The van der Waals surface area contributed by atoms with Crippen molar-refractivity contribution < 1.29 is 42.1 Å². The topological polar surface area (TPSA) is 140 Å². The van der Waals surface area contributed by atoms with Crippen LogP contribution in [0.3, 0.4) is 0 Å². The second-order valence-corrected chi connectivity index (χ2v) is 1.57. The predicted molar refractivity (Wildman–Crippen MR) is 29.4 cm³/mol. The average molecular weight is 221 g/mol. The zero-order valence-corrected chi connectivity index (χ0v) is 7.40. The molecule has 0 bridgehead atoms. The van der Waals surface area contributed by atoms with E-state index in [0.717, 1.165) is 0 Å². The van der Waals surface area contributed by atoms with Gasteiger partial charge in [0.15, 0.2) is 0 Å². The molecule has 0 unspecified atom stereocenters. The number of carbonyl (C=O) groups is 2. The van der Waals surface area contributed by atoms with Crippen LogP contribution in [0.25, 0.3) is 0 Å². The zero-order chi connectivity index (χ0) is 8.15. The van der Waals surface area contributed by atoms with Crippen molar-refractivity contribution >= 4 is 11.9 Å². The first-order valence-corrected chi connectivity index (χ1v) is 2.36. The minimum atomic E-state index is -1.55. The number of carboxylic acid groups (broad SMARTS) is 2. The number of hydrogen-bond donors (Lipinski definition) is 2. The predicted octanol–water partition coefficient (Wildman–Crippen LogP) is -3.45. The van der Waals surface area contributed by atoms with Crippen molar-refractivity contribution in [1.82, 2.24) is 11.2 Å². The number of nitrogens with zero attached hydrogens (tertiary/aromatic N) is 1. The molecule has 5 N–H and O–H groups in total. The van der Waals surface area contributed by atoms with Gasteiger partial charge in [-0.1, -0.05) is 0 Å². The Labute approximate surface area is 79.0 Å². The van der Waals surface area contributed by atoms with Gasteiger partial charge in [0, 0.05) is 0 Å². The summed E-state index contributed by atoms with van der Waals surface area (Å²) in [7, 11) is 0. The summed E-state index contributed by atoms with van der Waals surface area (Å²) in [5.74, 6) is -3.10. The van der Waals surface area contributed by atoms with Gasteiger partial charge >= 0.3 is 17.1 Å². The van der Waals surface area contributed by atoms with Crippen LogP contribution in [-0.4, -0.2) is 35.3 Å². The molecule has 0 aromatic heterocycles. The molecule has 12 heavy (non-hydrogen) atoms. The van der Waals surface area contributed by atoms with E-state index in [1.807, 2.05) is 0 Å². The van der Waals surface area contributed by atoms with Gasteiger partial charge in [-0.05, 0) is 0 Å². The SMILES string of the molecule is O=C([O-])CN(O)CC(=O)[O-].[Fe+3].[NH4+]. The Morgan fingerprint density at radius 3 is 1.58 bits per heavy atom. The number of carbonyl (C=O) groups excluding carboxylic acids is 2. The van der Waals surface area contributed by atoms with Gasteiger partial charge in [0.1, 0.15) is 0 Å². The molecule has 0 saturated heterocycles. The van der Waals surface area contributed by atoms with E-state index in [4.69, 9.17) is 5.21 Å². The van der Waals surface area contributed by atoms with E-state index in [2.05, 4.69) is 0 Å². The van der Waals surface area contributed by atoms with Crippen molar-refractivity contribution in [3.63, 3.8) is 0 Å². The molecule has 0 aromatic rings. The summed E-state index contributed by atoms with van der Waals surface area (Å²) < 4.78 is 0. The first kappa shape index (κ1) is 17.4. The Morgan fingerprint density at radius 2 is 1.42 bits per heavy atom. The molecule has 0 atom stereocenters. The fraction of sp³-hybridized carbons (Fsp3) is 0.500.